The number of aliphatic hydroxyl groups excluding tert-OH is 1. The summed E-state index contributed by atoms with van der Waals surface area (Å²) in [7, 11) is -4.09. The summed E-state index contributed by atoms with van der Waals surface area (Å²) in [6.45, 7) is 0. The van der Waals surface area contributed by atoms with E-state index in [0.29, 0.717) is 11.3 Å². The van der Waals surface area contributed by atoms with Crippen molar-refractivity contribution < 1.29 is 18.3 Å². The number of amides is 1. The number of hydrogen-bond donors (Lipinski definition) is 1. The molecule has 1 heterocycles. The summed E-state index contributed by atoms with van der Waals surface area (Å²) in [5.74, 6) is -1.49. The molecule has 5 nitrogen and oxygen atoms in total. The lowest BCUT2D eigenvalue weighted by Gasteiger charge is -2.27. The summed E-state index contributed by atoms with van der Waals surface area (Å²) in [5.41, 5.74) is 1.10. The van der Waals surface area contributed by atoms with Crippen LogP contribution in [0.2, 0.25) is 0 Å². The summed E-state index contributed by atoms with van der Waals surface area (Å²) < 4.78 is 26.7. The molecule has 1 aliphatic heterocycles. The summed E-state index contributed by atoms with van der Waals surface area (Å²) >= 11 is 0. The summed E-state index contributed by atoms with van der Waals surface area (Å²) in [4.78, 5) is 14.0. The molecule has 0 fully saturated rings. The molecular weight excluding hydrogens is 374 g/mol. The van der Waals surface area contributed by atoms with Crippen molar-refractivity contribution in [1.82, 2.24) is 0 Å². The van der Waals surface area contributed by atoms with E-state index in [1.807, 2.05) is 6.07 Å². The average molecular weight is 391 g/mol. The fraction of sp³-hybridized carbons (Fsp3) is 0.0455. The van der Waals surface area contributed by atoms with Crippen LogP contribution in [0.25, 0.3) is 0 Å². The molecule has 0 saturated carbocycles. The highest BCUT2D eigenvalue weighted by atomic mass is 32.2. The van der Waals surface area contributed by atoms with Crippen LogP contribution in [0.3, 0.4) is 0 Å². The van der Waals surface area contributed by atoms with Crippen molar-refractivity contribution in [3.05, 3.63) is 107 Å². The highest BCUT2D eigenvalue weighted by molar-refractivity contribution is 7.95. The SMILES string of the molecule is O=C1C(O)=C(S(=O)(=O)c2ccccc2)[C@@H](c2ccccc2)N1c1ccccc1. The third-order valence-corrected chi connectivity index (χ3v) is 6.54. The van der Waals surface area contributed by atoms with Gasteiger partial charge in [-0.3, -0.25) is 9.69 Å². The molecule has 0 aliphatic carbocycles. The standard InChI is InChI=1S/C22H17NO4S/c24-20-21(28(26,27)18-14-8-3-9-15-18)19(16-10-4-1-5-11-16)23(22(20)25)17-12-6-2-7-13-17/h1-15,19,24H/t19-/m1/s1. The van der Waals surface area contributed by atoms with Gasteiger partial charge in [-0.25, -0.2) is 8.42 Å². The number of carbonyl (C=O) groups is 1. The van der Waals surface area contributed by atoms with Crippen LogP contribution in [-0.2, 0) is 14.6 Å². The molecule has 1 amide bonds. The van der Waals surface area contributed by atoms with Gasteiger partial charge in [0.2, 0.25) is 9.84 Å². The van der Waals surface area contributed by atoms with Crippen LogP contribution in [0, 0.1) is 0 Å². The van der Waals surface area contributed by atoms with Crippen molar-refractivity contribution in [3.8, 4) is 0 Å². The van der Waals surface area contributed by atoms with Crippen LogP contribution >= 0.6 is 0 Å². The quantitative estimate of drug-likeness (QED) is 0.729. The lowest BCUT2D eigenvalue weighted by molar-refractivity contribution is -0.117. The third-order valence-electron chi connectivity index (χ3n) is 4.65. The van der Waals surface area contributed by atoms with Gasteiger partial charge in [-0.05, 0) is 29.8 Å². The van der Waals surface area contributed by atoms with Gasteiger partial charge in [0, 0.05) is 5.69 Å². The molecule has 0 saturated heterocycles. The van der Waals surface area contributed by atoms with Gasteiger partial charge in [-0.2, -0.15) is 0 Å². The molecule has 28 heavy (non-hydrogen) atoms. The second-order valence-corrected chi connectivity index (χ2v) is 8.27. The van der Waals surface area contributed by atoms with E-state index in [1.165, 1.54) is 17.0 Å². The van der Waals surface area contributed by atoms with E-state index < -0.39 is 27.5 Å². The zero-order valence-electron chi connectivity index (χ0n) is 14.8. The van der Waals surface area contributed by atoms with Gasteiger partial charge in [0.15, 0.2) is 5.76 Å². The largest absolute Gasteiger partial charge is 0.502 e. The molecular formula is C22H17NO4S. The van der Waals surface area contributed by atoms with Crippen LogP contribution < -0.4 is 4.90 Å². The van der Waals surface area contributed by atoms with Crippen molar-refractivity contribution in [3.63, 3.8) is 0 Å². The average Bonchev–Trinajstić information content (AvgIpc) is 3.01. The monoisotopic (exact) mass is 391 g/mol. The molecule has 140 valence electrons. The normalized spacial score (nSPS) is 17.2. The zero-order valence-corrected chi connectivity index (χ0v) is 15.6. The van der Waals surface area contributed by atoms with Crippen molar-refractivity contribution in [2.75, 3.05) is 4.90 Å². The molecule has 4 rings (SSSR count). The minimum absolute atomic E-state index is 0.0280. The van der Waals surface area contributed by atoms with Gasteiger partial charge in [-0.15, -0.1) is 0 Å². The highest BCUT2D eigenvalue weighted by Crippen LogP contribution is 2.44. The highest BCUT2D eigenvalue weighted by Gasteiger charge is 2.47. The number of nitrogens with zero attached hydrogens (tertiary/aromatic N) is 1. The molecule has 1 atom stereocenters. The zero-order chi connectivity index (χ0) is 19.7. The number of carbonyl (C=O) groups excluding carboxylic acids is 1. The second-order valence-electron chi connectivity index (χ2n) is 6.35. The maximum Gasteiger partial charge on any atom is 0.295 e. The maximum absolute atomic E-state index is 13.4. The lowest BCUT2D eigenvalue weighted by atomic mass is 10.1. The van der Waals surface area contributed by atoms with Gasteiger partial charge in [0.05, 0.1) is 4.90 Å². The van der Waals surface area contributed by atoms with Crippen molar-refractivity contribution in [2.24, 2.45) is 0 Å². The van der Waals surface area contributed by atoms with E-state index in [1.54, 1.807) is 72.8 Å². The number of sulfone groups is 1. The molecule has 3 aromatic carbocycles. The van der Waals surface area contributed by atoms with Crippen LogP contribution in [0.5, 0.6) is 0 Å². The predicted molar refractivity (Wildman–Crippen MR) is 106 cm³/mol. The van der Waals surface area contributed by atoms with Gasteiger partial charge >= 0.3 is 0 Å². The molecule has 0 bridgehead atoms. The number of benzene rings is 3. The maximum atomic E-state index is 13.4. The van der Waals surface area contributed by atoms with E-state index in [-0.39, 0.29) is 9.80 Å². The molecule has 1 N–H and O–H groups in total. The Morgan fingerprint density at radius 3 is 1.82 bits per heavy atom. The molecule has 0 unspecified atom stereocenters. The molecule has 0 aromatic heterocycles. The first-order chi connectivity index (χ1) is 13.5. The van der Waals surface area contributed by atoms with Gasteiger partial charge < -0.3 is 5.11 Å². The Morgan fingerprint density at radius 2 is 1.25 bits per heavy atom. The number of aliphatic hydroxyl groups is 1. The van der Waals surface area contributed by atoms with E-state index in [9.17, 15) is 18.3 Å². The van der Waals surface area contributed by atoms with E-state index in [2.05, 4.69) is 0 Å². The van der Waals surface area contributed by atoms with Crippen LogP contribution in [0.15, 0.2) is 107 Å². The summed E-state index contributed by atoms with van der Waals surface area (Å²) in [6.07, 6.45) is 0. The van der Waals surface area contributed by atoms with E-state index in [4.69, 9.17) is 0 Å². The van der Waals surface area contributed by atoms with Gasteiger partial charge in [-0.1, -0.05) is 66.7 Å². The molecule has 6 heteroatoms. The Bertz CT molecular complexity index is 1140. The molecule has 1 aliphatic rings. The van der Waals surface area contributed by atoms with E-state index in [0.717, 1.165) is 0 Å². The molecule has 0 radical (unpaired) electrons. The first-order valence-corrected chi connectivity index (χ1v) is 10.2. The van der Waals surface area contributed by atoms with E-state index >= 15 is 0 Å². The van der Waals surface area contributed by atoms with Crippen molar-refractivity contribution >= 4 is 21.4 Å². The van der Waals surface area contributed by atoms with Crippen molar-refractivity contribution in [1.29, 1.82) is 0 Å². The smallest absolute Gasteiger partial charge is 0.295 e. The summed E-state index contributed by atoms with van der Waals surface area (Å²) in [6, 6.07) is 24.4. The second kappa shape index (κ2) is 6.98. The molecule has 0 spiro atoms. The van der Waals surface area contributed by atoms with Gasteiger partial charge in [0.25, 0.3) is 5.91 Å². The fourth-order valence-electron chi connectivity index (χ4n) is 3.38. The van der Waals surface area contributed by atoms with Crippen LogP contribution in [-0.4, -0.2) is 19.4 Å². The Morgan fingerprint density at radius 1 is 0.750 bits per heavy atom. The lowest BCUT2D eigenvalue weighted by Crippen LogP contribution is -2.31. The third kappa shape index (κ3) is 2.88. The topological polar surface area (TPSA) is 74.7 Å². The van der Waals surface area contributed by atoms with Crippen LogP contribution in [0.1, 0.15) is 11.6 Å². The van der Waals surface area contributed by atoms with Gasteiger partial charge in [0.1, 0.15) is 10.9 Å². The Labute approximate surface area is 163 Å². The van der Waals surface area contributed by atoms with Crippen molar-refractivity contribution in [2.45, 2.75) is 10.9 Å². The Kier molecular flexibility index (Phi) is 4.49. The minimum Gasteiger partial charge on any atom is -0.502 e. The number of anilines is 1. The fourth-order valence-corrected chi connectivity index (χ4v) is 5.02. The predicted octanol–water partition coefficient (Wildman–Crippen LogP) is 4.02. The summed E-state index contributed by atoms with van der Waals surface area (Å²) in [5, 5.41) is 10.6. The number of para-hydroxylation sites is 1. The Hall–Kier alpha value is -3.38. The number of hydrogen-bond acceptors (Lipinski definition) is 4. The first kappa shape index (κ1) is 18.0. The van der Waals surface area contributed by atoms with Crippen LogP contribution in [0.4, 0.5) is 5.69 Å². The molecule has 3 aromatic rings. The minimum atomic E-state index is -4.09. The number of rotatable bonds is 4. The first-order valence-electron chi connectivity index (χ1n) is 8.68. The Balaban J connectivity index is 1.95.